The highest BCUT2D eigenvalue weighted by Gasteiger charge is 2.43. The number of aryl methyl sites for hydroxylation is 2. The first kappa shape index (κ1) is 19.6. The van der Waals surface area contributed by atoms with E-state index in [1.54, 1.807) is 0 Å². The summed E-state index contributed by atoms with van der Waals surface area (Å²) in [5.74, 6) is -1.22. The van der Waals surface area contributed by atoms with Crippen molar-refractivity contribution in [3.05, 3.63) is 113 Å². The van der Waals surface area contributed by atoms with E-state index in [0.717, 1.165) is 16.7 Å². The number of hydrogen-bond acceptors (Lipinski definition) is 3. The number of aliphatic hydroxyl groups is 1. The minimum atomic E-state index is -0.648. The fourth-order valence-corrected chi connectivity index (χ4v) is 3.85. The second kappa shape index (κ2) is 8.37. The molecular weight excluding hydrogens is 374 g/mol. The van der Waals surface area contributed by atoms with Gasteiger partial charge in [-0.3, -0.25) is 14.5 Å². The maximum absolute atomic E-state index is 13.2. The van der Waals surface area contributed by atoms with Gasteiger partial charge in [0, 0.05) is 12.1 Å². The molecule has 1 aliphatic rings. The van der Waals surface area contributed by atoms with Gasteiger partial charge in [0.1, 0.15) is 0 Å². The van der Waals surface area contributed by atoms with Crippen molar-refractivity contribution >= 4 is 17.4 Å². The van der Waals surface area contributed by atoms with E-state index in [-0.39, 0.29) is 17.8 Å². The van der Waals surface area contributed by atoms with Crippen molar-refractivity contribution in [2.45, 2.75) is 25.8 Å². The largest absolute Gasteiger partial charge is 0.503 e. The van der Waals surface area contributed by atoms with Gasteiger partial charge in [0.15, 0.2) is 11.5 Å². The quantitative estimate of drug-likeness (QED) is 0.630. The second-order valence-electron chi connectivity index (χ2n) is 7.49. The molecule has 1 heterocycles. The second-order valence-corrected chi connectivity index (χ2v) is 7.49. The number of Topliss-reactive ketones (excluding diaryl/α,β-unsaturated/α-hetero) is 1. The molecule has 1 N–H and O–H groups in total. The van der Waals surface area contributed by atoms with Crippen LogP contribution in [0, 0.1) is 6.92 Å². The molecule has 0 spiro atoms. The molecule has 0 saturated heterocycles. The van der Waals surface area contributed by atoms with Gasteiger partial charge in [-0.05, 0) is 36.6 Å². The van der Waals surface area contributed by atoms with Gasteiger partial charge in [0.25, 0.3) is 5.91 Å². The Morgan fingerprint density at radius 2 is 1.50 bits per heavy atom. The van der Waals surface area contributed by atoms with Crippen LogP contribution in [0.2, 0.25) is 0 Å². The third-order valence-corrected chi connectivity index (χ3v) is 5.42. The number of aliphatic hydroxyl groups excluding tert-OH is 1. The molecule has 1 amide bonds. The van der Waals surface area contributed by atoms with Crippen molar-refractivity contribution in [1.29, 1.82) is 0 Å². The molecule has 0 saturated carbocycles. The van der Waals surface area contributed by atoms with Crippen molar-refractivity contribution in [3.63, 3.8) is 0 Å². The van der Waals surface area contributed by atoms with E-state index in [0.29, 0.717) is 12.1 Å². The molecule has 3 aromatic rings. The normalized spacial score (nSPS) is 16.2. The van der Waals surface area contributed by atoms with Crippen molar-refractivity contribution < 1.29 is 14.7 Å². The maximum Gasteiger partial charge on any atom is 0.294 e. The van der Waals surface area contributed by atoms with Gasteiger partial charge >= 0.3 is 0 Å². The molecule has 0 bridgehead atoms. The van der Waals surface area contributed by atoms with Gasteiger partial charge in [0.2, 0.25) is 0 Å². The third kappa shape index (κ3) is 3.77. The average molecular weight is 397 g/mol. The molecule has 1 aliphatic heterocycles. The van der Waals surface area contributed by atoms with Crippen LogP contribution in [0.15, 0.2) is 96.3 Å². The Morgan fingerprint density at radius 3 is 2.13 bits per heavy atom. The van der Waals surface area contributed by atoms with Crippen molar-refractivity contribution in [2.24, 2.45) is 0 Å². The van der Waals surface area contributed by atoms with E-state index in [4.69, 9.17) is 0 Å². The van der Waals surface area contributed by atoms with E-state index in [9.17, 15) is 14.7 Å². The van der Waals surface area contributed by atoms with Gasteiger partial charge in [-0.2, -0.15) is 0 Å². The molecule has 4 nitrogen and oxygen atoms in total. The lowest BCUT2D eigenvalue weighted by Gasteiger charge is -2.27. The average Bonchev–Trinajstić information content (AvgIpc) is 3.05. The predicted octanol–water partition coefficient (Wildman–Crippen LogP) is 5.10. The fourth-order valence-electron chi connectivity index (χ4n) is 3.85. The number of ketones is 1. The lowest BCUT2D eigenvalue weighted by Crippen LogP contribution is -2.31. The molecule has 0 fully saturated rings. The van der Waals surface area contributed by atoms with Gasteiger partial charge in [0.05, 0.1) is 11.6 Å². The van der Waals surface area contributed by atoms with Gasteiger partial charge in [-0.15, -0.1) is 0 Å². The topological polar surface area (TPSA) is 57.6 Å². The summed E-state index contributed by atoms with van der Waals surface area (Å²) in [5.41, 5.74) is 3.72. The standard InChI is InChI=1S/C26H23NO3/c1-18-12-15-21(16-13-18)27-24(20-10-6-3-7-11-20)23(25(29)26(27)30)22(28)17-14-19-8-4-2-5-9-19/h2-13,15-16,24,29H,14,17H2,1H3. The SMILES string of the molecule is Cc1ccc(N2C(=O)C(O)=C(C(=O)CCc3ccccc3)C2c2ccccc2)cc1. The molecule has 0 aromatic heterocycles. The Balaban J connectivity index is 1.70. The summed E-state index contributed by atoms with van der Waals surface area (Å²) in [7, 11) is 0. The van der Waals surface area contributed by atoms with Gasteiger partial charge < -0.3 is 5.11 Å². The van der Waals surface area contributed by atoms with Crippen LogP contribution < -0.4 is 4.90 Å². The highest BCUT2D eigenvalue weighted by atomic mass is 16.3. The van der Waals surface area contributed by atoms with E-state index >= 15 is 0 Å². The van der Waals surface area contributed by atoms with Crippen LogP contribution >= 0.6 is 0 Å². The zero-order chi connectivity index (χ0) is 21.1. The number of amides is 1. The van der Waals surface area contributed by atoms with Crippen molar-refractivity contribution in [3.8, 4) is 0 Å². The first-order valence-electron chi connectivity index (χ1n) is 10.0. The Hall–Kier alpha value is -3.66. The van der Waals surface area contributed by atoms with Crippen LogP contribution in [0.25, 0.3) is 0 Å². The van der Waals surface area contributed by atoms with Crippen LogP contribution in [-0.4, -0.2) is 16.8 Å². The Labute approximate surface area is 176 Å². The predicted molar refractivity (Wildman–Crippen MR) is 117 cm³/mol. The van der Waals surface area contributed by atoms with Crippen LogP contribution in [-0.2, 0) is 16.0 Å². The van der Waals surface area contributed by atoms with Crippen molar-refractivity contribution in [2.75, 3.05) is 4.90 Å². The number of benzene rings is 3. The molecule has 0 radical (unpaired) electrons. The first-order chi connectivity index (χ1) is 14.6. The Morgan fingerprint density at radius 1 is 0.900 bits per heavy atom. The highest BCUT2D eigenvalue weighted by Crippen LogP contribution is 2.41. The number of hydrogen-bond donors (Lipinski definition) is 1. The molecule has 4 heteroatoms. The van der Waals surface area contributed by atoms with Gasteiger partial charge in [-0.1, -0.05) is 78.4 Å². The van der Waals surface area contributed by atoms with E-state index in [1.165, 1.54) is 4.90 Å². The number of carbonyl (C=O) groups is 2. The third-order valence-electron chi connectivity index (χ3n) is 5.42. The lowest BCUT2D eigenvalue weighted by atomic mass is 9.93. The molecular formula is C26H23NO3. The maximum atomic E-state index is 13.2. The summed E-state index contributed by atoms with van der Waals surface area (Å²) < 4.78 is 0. The molecule has 4 rings (SSSR count). The Bertz CT molecular complexity index is 1090. The van der Waals surface area contributed by atoms with Crippen LogP contribution in [0.4, 0.5) is 5.69 Å². The van der Waals surface area contributed by atoms with E-state index in [2.05, 4.69) is 0 Å². The molecule has 30 heavy (non-hydrogen) atoms. The summed E-state index contributed by atoms with van der Waals surface area (Å²) in [6, 6.07) is 26.0. The van der Waals surface area contributed by atoms with Crippen LogP contribution in [0.1, 0.15) is 29.2 Å². The molecule has 3 aromatic carbocycles. The van der Waals surface area contributed by atoms with Gasteiger partial charge in [-0.25, -0.2) is 0 Å². The minimum Gasteiger partial charge on any atom is -0.503 e. The summed E-state index contributed by atoms with van der Waals surface area (Å²) in [5, 5.41) is 10.7. The lowest BCUT2D eigenvalue weighted by molar-refractivity contribution is -0.118. The molecule has 150 valence electrons. The summed E-state index contributed by atoms with van der Waals surface area (Å²) >= 11 is 0. The summed E-state index contributed by atoms with van der Waals surface area (Å²) in [4.78, 5) is 27.7. The van der Waals surface area contributed by atoms with Crippen molar-refractivity contribution in [1.82, 2.24) is 0 Å². The number of rotatable bonds is 6. The summed E-state index contributed by atoms with van der Waals surface area (Å²) in [6.45, 7) is 1.97. The monoisotopic (exact) mass is 397 g/mol. The minimum absolute atomic E-state index is 0.169. The first-order valence-corrected chi connectivity index (χ1v) is 10.0. The number of nitrogens with zero attached hydrogens (tertiary/aromatic N) is 1. The summed E-state index contributed by atoms with van der Waals surface area (Å²) in [6.07, 6.45) is 0.776. The zero-order valence-corrected chi connectivity index (χ0v) is 16.8. The van der Waals surface area contributed by atoms with E-state index in [1.807, 2.05) is 91.9 Å². The van der Waals surface area contributed by atoms with Crippen LogP contribution in [0.3, 0.4) is 0 Å². The van der Waals surface area contributed by atoms with Crippen LogP contribution in [0.5, 0.6) is 0 Å². The van der Waals surface area contributed by atoms with E-state index < -0.39 is 17.7 Å². The smallest absolute Gasteiger partial charge is 0.294 e. The fraction of sp³-hybridized carbons (Fsp3) is 0.154. The molecule has 0 aliphatic carbocycles. The zero-order valence-electron chi connectivity index (χ0n) is 16.8. The molecule has 1 atom stereocenters. The number of carbonyl (C=O) groups excluding carboxylic acids is 2. The number of anilines is 1. The highest BCUT2D eigenvalue weighted by molar-refractivity contribution is 6.16. The molecule has 1 unspecified atom stereocenters. The Kier molecular flexibility index (Phi) is 5.48.